The molecule has 0 aliphatic heterocycles. The third kappa shape index (κ3) is 4.99. The number of allylic oxidation sites excluding steroid dienone is 2. The molecule has 0 fully saturated rings. The van der Waals surface area contributed by atoms with Gasteiger partial charge in [0.25, 0.3) is 0 Å². The number of benzene rings is 4. The highest BCUT2D eigenvalue weighted by molar-refractivity contribution is 5.95. The second kappa shape index (κ2) is 11.5. The molecule has 3 heterocycles. The van der Waals surface area contributed by atoms with E-state index in [0.717, 1.165) is 81.6 Å². The van der Waals surface area contributed by atoms with Crippen LogP contribution in [0.1, 0.15) is 40.9 Å². The van der Waals surface area contributed by atoms with E-state index in [2.05, 4.69) is 126 Å². The molecule has 47 heavy (non-hydrogen) atoms. The summed E-state index contributed by atoms with van der Waals surface area (Å²) in [7, 11) is 0. The highest BCUT2D eigenvalue weighted by Crippen LogP contribution is 2.38. The Hall–Kier alpha value is -5.87. The van der Waals surface area contributed by atoms with Gasteiger partial charge >= 0.3 is 0 Å². The van der Waals surface area contributed by atoms with Gasteiger partial charge in [0, 0.05) is 40.0 Å². The van der Waals surface area contributed by atoms with Crippen LogP contribution in [0.3, 0.4) is 0 Å². The van der Waals surface area contributed by atoms with Crippen molar-refractivity contribution in [2.75, 3.05) is 0 Å². The Bertz CT molecular complexity index is 2350. The summed E-state index contributed by atoms with van der Waals surface area (Å²) in [5.41, 5.74) is 14.2. The monoisotopic (exact) mass is 605 g/mol. The van der Waals surface area contributed by atoms with Gasteiger partial charge in [-0.05, 0) is 83.9 Å². The SMILES string of the molecule is C1=Cc2oc3c(-c4nc(-c5ccc(C6=CCCc7ccccc76)cc5)cc(-c5cccc(-c6cccnc6)c5)n4)cccc3c2CC1. The van der Waals surface area contributed by atoms with Crippen LogP contribution in [0.15, 0.2) is 138 Å². The van der Waals surface area contributed by atoms with Crippen molar-refractivity contribution in [1.29, 1.82) is 0 Å². The Morgan fingerprint density at radius 2 is 1.38 bits per heavy atom. The van der Waals surface area contributed by atoms with Gasteiger partial charge in [-0.15, -0.1) is 0 Å². The number of hydrogen-bond donors (Lipinski definition) is 0. The van der Waals surface area contributed by atoms with Crippen molar-refractivity contribution < 1.29 is 4.42 Å². The summed E-state index contributed by atoms with van der Waals surface area (Å²) in [6.45, 7) is 0. The average molecular weight is 606 g/mol. The van der Waals surface area contributed by atoms with E-state index in [1.807, 2.05) is 12.3 Å². The molecule has 2 aliphatic carbocycles. The quantitative estimate of drug-likeness (QED) is 0.196. The molecule has 0 bridgehead atoms. The van der Waals surface area contributed by atoms with Crippen LogP contribution >= 0.6 is 0 Å². The molecule has 7 aromatic rings. The van der Waals surface area contributed by atoms with E-state index in [9.17, 15) is 0 Å². The van der Waals surface area contributed by atoms with E-state index in [1.54, 1.807) is 6.20 Å². The summed E-state index contributed by atoms with van der Waals surface area (Å²) in [5.74, 6) is 1.59. The van der Waals surface area contributed by atoms with Crippen LogP contribution in [-0.4, -0.2) is 15.0 Å². The minimum atomic E-state index is 0.651. The molecule has 0 unspecified atom stereocenters. The number of hydrogen-bond acceptors (Lipinski definition) is 4. The standard InChI is InChI=1S/C43H31N3O/c1-2-14-34-28(9-1)10-6-16-35(34)29-20-22-30(23-21-29)39-26-40(32-12-5-11-31(25-32)33-13-8-24-44-27-33)46-43(45-39)38-18-7-17-37-36-15-3-4-19-41(36)47-42(37)38/h1-2,4-5,7-9,11-14,16-27H,3,6,10,15H2. The summed E-state index contributed by atoms with van der Waals surface area (Å²) in [6.07, 6.45) is 14.5. The Balaban J connectivity index is 1.18. The number of aromatic nitrogens is 3. The molecule has 0 N–H and O–H groups in total. The van der Waals surface area contributed by atoms with Gasteiger partial charge in [0.15, 0.2) is 5.82 Å². The van der Waals surface area contributed by atoms with Crippen molar-refractivity contribution in [2.45, 2.75) is 25.7 Å². The number of pyridine rings is 1. The highest BCUT2D eigenvalue weighted by atomic mass is 16.3. The fourth-order valence-electron chi connectivity index (χ4n) is 7.01. The van der Waals surface area contributed by atoms with Crippen LogP contribution in [0.5, 0.6) is 0 Å². The van der Waals surface area contributed by atoms with Crippen LogP contribution in [0.2, 0.25) is 0 Å². The Labute approximate surface area is 273 Å². The predicted octanol–water partition coefficient (Wildman–Crippen LogP) is 10.6. The number of nitrogens with zero attached hydrogens (tertiary/aromatic N) is 3. The average Bonchev–Trinajstić information content (AvgIpc) is 3.54. The van der Waals surface area contributed by atoms with Gasteiger partial charge in [0.1, 0.15) is 11.3 Å². The van der Waals surface area contributed by atoms with Crippen molar-refractivity contribution in [3.8, 4) is 45.0 Å². The number of aryl methyl sites for hydroxylation is 2. The molecule has 2 aliphatic rings. The molecule has 4 aromatic carbocycles. The first-order valence-electron chi connectivity index (χ1n) is 16.3. The van der Waals surface area contributed by atoms with Gasteiger partial charge < -0.3 is 4.42 Å². The van der Waals surface area contributed by atoms with Gasteiger partial charge in [-0.3, -0.25) is 4.98 Å². The highest BCUT2D eigenvalue weighted by Gasteiger charge is 2.20. The Morgan fingerprint density at radius 1 is 0.596 bits per heavy atom. The lowest BCUT2D eigenvalue weighted by atomic mass is 9.87. The zero-order chi connectivity index (χ0) is 31.2. The first-order chi connectivity index (χ1) is 23.3. The fraction of sp³-hybridized carbons (Fsp3) is 0.0930. The first-order valence-corrected chi connectivity index (χ1v) is 16.3. The fourth-order valence-corrected chi connectivity index (χ4v) is 7.01. The number of rotatable bonds is 5. The minimum absolute atomic E-state index is 0.651. The number of para-hydroxylation sites is 1. The van der Waals surface area contributed by atoms with E-state index in [0.29, 0.717) is 5.82 Å². The molecular weight excluding hydrogens is 574 g/mol. The van der Waals surface area contributed by atoms with Gasteiger partial charge in [0.05, 0.1) is 17.0 Å². The molecule has 4 heteroatoms. The van der Waals surface area contributed by atoms with E-state index >= 15 is 0 Å². The topological polar surface area (TPSA) is 51.8 Å². The van der Waals surface area contributed by atoms with Gasteiger partial charge in [0.2, 0.25) is 0 Å². The maximum atomic E-state index is 6.48. The Kier molecular flexibility index (Phi) is 6.71. The summed E-state index contributed by atoms with van der Waals surface area (Å²) < 4.78 is 6.48. The Morgan fingerprint density at radius 3 is 2.28 bits per heavy atom. The van der Waals surface area contributed by atoms with E-state index in [-0.39, 0.29) is 0 Å². The largest absolute Gasteiger partial charge is 0.456 e. The molecule has 9 rings (SSSR count). The summed E-state index contributed by atoms with van der Waals surface area (Å²) in [5, 5.41) is 1.14. The lowest BCUT2D eigenvalue weighted by Crippen LogP contribution is -2.00. The van der Waals surface area contributed by atoms with Crippen molar-refractivity contribution in [2.24, 2.45) is 0 Å². The van der Waals surface area contributed by atoms with Crippen LogP contribution < -0.4 is 0 Å². The zero-order valence-electron chi connectivity index (χ0n) is 25.9. The molecule has 0 spiro atoms. The molecule has 0 saturated heterocycles. The van der Waals surface area contributed by atoms with E-state index in [4.69, 9.17) is 14.4 Å². The second-order valence-corrected chi connectivity index (χ2v) is 12.2. The smallest absolute Gasteiger partial charge is 0.164 e. The van der Waals surface area contributed by atoms with Crippen LogP contribution in [-0.2, 0) is 12.8 Å². The molecule has 0 radical (unpaired) electrons. The molecule has 224 valence electrons. The number of fused-ring (bicyclic) bond motifs is 4. The lowest BCUT2D eigenvalue weighted by Gasteiger charge is -2.18. The zero-order valence-corrected chi connectivity index (χ0v) is 25.9. The molecule has 3 aromatic heterocycles. The maximum absolute atomic E-state index is 6.48. The van der Waals surface area contributed by atoms with Crippen molar-refractivity contribution in [3.05, 3.63) is 162 Å². The lowest BCUT2D eigenvalue weighted by molar-refractivity contribution is 0.596. The van der Waals surface area contributed by atoms with Crippen molar-refractivity contribution in [1.82, 2.24) is 15.0 Å². The predicted molar refractivity (Wildman–Crippen MR) is 191 cm³/mol. The van der Waals surface area contributed by atoms with Crippen molar-refractivity contribution in [3.63, 3.8) is 0 Å². The van der Waals surface area contributed by atoms with Gasteiger partial charge in [-0.1, -0.05) is 97.1 Å². The molecule has 0 amide bonds. The van der Waals surface area contributed by atoms with Crippen LogP contribution in [0.25, 0.3) is 67.6 Å². The van der Waals surface area contributed by atoms with E-state index in [1.165, 1.54) is 27.8 Å². The summed E-state index contributed by atoms with van der Waals surface area (Å²) in [6, 6.07) is 38.5. The molecule has 0 saturated carbocycles. The first kappa shape index (κ1) is 27.4. The summed E-state index contributed by atoms with van der Waals surface area (Å²) >= 11 is 0. The van der Waals surface area contributed by atoms with Crippen LogP contribution in [0, 0.1) is 0 Å². The third-order valence-electron chi connectivity index (χ3n) is 9.36. The molecular formula is C43H31N3O. The summed E-state index contributed by atoms with van der Waals surface area (Å²) in [4.78, 5) is 14.7. The van der Waals surface area contributed by atoms with E-state index < -0.39 is 0 Å². The maximum Gasteiger partial charge on any atom is 0.164 e. The molecule has 4 nitrogen and oxygen atoms in total. The van der Waals surface area contributed by atoms with Gasteiger partial charge in [-0.25, -0.2) is 9.97 Å². The second-order valence-electron chi connectivity index (χ2n) is 12.2. The van der Waals surface area contributed by atoms with Gasteiger partial charge in [-0.2, -0.15) is 0 Å². The van der Waals surface area contributed by atoms with Crippen LogP contribution in [0.4, 0.5) is 0 Å². The van der Waals surface area contributed by atoms with Crippen molar-refractivity contribution >= 4 is 22.6 Å². The molecule has 0 atom stereocenters. The normalized spacial score (nSPS) is 13.7. The minimum Gasteiger partial charge on any atom is -0.456 e. The third-order valence-corrected chi connectivity index (χ3v) is 9.36. The number of furan rings is 1.